The number of ether oxygens (including phenoxy) is 2. The van der Waals surface area contributed by atoms with Crippen molar-refractivity contribution in [1.29, 1.82) is 0 Å². The van der Waals surface area contributed by atoms with Crippen LogP contribution in [0.15, 0.2) is 42.4 Å². The molecule has 2 aliphatic heterocycles. The molecule has 2 fully saturated rings. The van der Waals surface area contributed by atoms with Crippen LogP contribution >= 0.6 is 0 Å². The monoisotopic (exact) mass is 384 g/mol. The first-order chi connectivity index (χ1) is 13.5. The molecule has 4 rings (SSSR count). The van der Waals surface area contributed by atoms with Gasteiger partial charge in [-0.25, -0.2) is 4.98 Å². The van der Waals surface area contributed by atoms with E-state index in [0.717, 1.165) is 51.6 Å². The number of hydrogen-bond donors (Lipinski definition) is 0. The molecule has 3 atom stereocenters. The SMILES string of the molecule is CC(C)(C)O[C@H]1[C@@H](CN2CCN(c3cnccn3)CC2)OCC[C@H]1C1=CC=C1. The van der Waals surface area contributed by atoms with Gasteiger partial charge in [-0.05, 0) is 32.8 Å². The standard InChI is InChI=1S/C22H32N4O2/c1-22(2,3)28-21-18(17-5-4-6-17)7-14-27-19(21)16-25-10-12-26(13-11-25)20-15-23-8-9-24-20/h4-6,8-9,15,18-19,21H,7,10-14,16H2,1-3H3/t18-,19+,21+/m0/s1. The summed E-state index contributed by atoms with van der Waals surface area (Å²) in [5.41, 5.74) is 1.23. The van der Waals surface area contributed by atoms with Crippen LogP contribution in [0, 0.1) is 5.92 Å². The average Bonchev–Trinajstić information content (AvgIpc) is 2.63. The Labute approximate surface area is 168 Å². The molecule has 1 aliphatic carbocycles. The molecule has 0 radical (unpaired) electrons. The Bertz CT molecular complexity index is 705. The van der Waals surface area contributed by atoms with Crippen LogP contribution in [-0.2, 0) is 9.47 Å². The van der Waals surface area contributed by atoms with E-state index in [1.165, 1.54) is 5.57 Å². The summed E-state index contributed by atoms with van der Waals surface area (Å²) in [5, 5.41) is 0. The van der Waals surface area contributed by atoms with Crippen molar-refractivity contribution in [2.75, 3.05) is 44.2 Å². The molecule has 152 valence electrons. The Morgan fingerprint density at radius 1 is 1.18 bits per heavy atom. The Morgan fingerprint density at radius 3 is 2.57 bits per heavy atom. The molecule has 0 saturated carbocycles. The van der Waals surface area contributed by atoms with Gasteiger partial charge in [-0.3, -0.25) is 9.88 Å². The first kappa shape index (κ1) is 19.6. The molecule has 3 aliphatic rings. The molecule has 0 spiro atoms. The van der Waals surface area contributed by atoms with Gasteiger partial charge >= 0.3 is 0 Å². The lowest BCUT2D eigenvalue weighted by Crippen LogP contribution is -2.55. The van der Waals surface area contributed by atoms with Gasteiger partial charge in [-0.1, -0.05) is 18.2 Å². The molecule has 6 heteroatoms. The zero-order chi connectivity index (χ0) is 19.6. The highest BCUT2D eigenvalue weighted by molar-refractivity contribution is 5.38. The lowest BCUT2D eigenvalue weighted by molar-refractivity contribution is -0.175. The minimum Gasteiger partial charge on any atom is -0.374 e. The molecule has 6 nitrogen and oxygen atoms in total. The Kier molecular flexibility index (Phi) is 5.80. The highest BCUT2D eigenvalue weighted by Gasteiger charge is 2.40. The molecule has 2 saturated heterocycles. The first-order valence-corrected chi connectivity index (χ1v) is 10.4. The number of aromatic nitrogens is 2. The van der Waals surface area contributed by atoms with Crippen LogP contribution in [0.4, 0.5) is 5.82 Å². The summed E-state index contributed by atoms with van der Waals surface area (Å²) >= 11 is 0. The van der Waals surface area contributed by atoms with Gasteiger partial charge in [0.1, 0.15) is 5.82 Å². The van der Waals surface area contributed by atoms with Crippen molar-refractivity contribution in [3.05, 3.63) is 42.4 Å². The van der Waals surface area contributed by atoms with Gasteiger partial charge in [-0.15, -0.1) is 0 Å². The van der Waals surface area contributed by atoms with E-state index in [2.05, 4.69) is 58.8 Å². The Balaban J connectivity index is 1.38. The third-order valence-electron chi connectivity index (χ3n) is 5.70. The van der Waals surface area contributed by atoms with Crippen LogP contribution in [0.1, 0.15) is 27.2 Å². The van der Waals surface area contributed by atoms with E-state index in [0.29, 0.717) is 5.92 Å². The maximum atomic E-state index is 6.54. The van der Waals surface area contributed by atoms with Crippen molar-refractivity contribution < 1.29 is 9.47 Å². The number of nitrogens with zero attached hydrogens (tertiary/aromatic N) is 4. The Morgan fingerprint density at radius 2 is 1.96 bits per heavy atom. The molecule has 0 N–H and O–H groups in total. The topological polar surface area (TPSA) is 50.7 Å². The van der Waals surface area contributed by atoms with Crippen molar-refractivity contribution in [3.8, 4) is 0 Å². The predicted molar refractivity (Wildman–Crippen MR) is 110 cm³/mol. The smallest absolute Gasteiger partial charge is 0.147 e. The number of allylic oxidation sites excluding steroid dienone is 3. The number of anilines is 1. The van der Waals surface area contributed by atoms with Gasteiger partial charge in [0.15, 0.2) is 0 Å². The predicted octanol–water partition coefficient (Wildman–Crippen LogP) is 2.68. The third kappa shape index (κ3) is 4.62. The van der Waals surface area contributed by atoms with E-state index in [-0.39, 0.29) is 17.8 Å². The van der Waals surface area contributed by atoms with Crippen LogP contribution in [0.25, 0.3) is 0 Å². The fourth-order valence-electron chi connectivity index (χ4n) is 4.27. The molecular formula is C22H32N4O2. The van der Waals surface area contributed by atoms with Crippen molar-refractivity contribution >= 4 is 5.82 Å². The van der Waals surface area contributed by atoms with E-state index in [1.54, 1.807) is 12.4 Å². The second-order valence-corrected chi connectivity index (χ2v) is 8.88. The lowest BCUT2D eigenvalue weighted by Gasteiger charge is -2.45. The normalized spacial score (nSPS) is 28.8. The lowest BCUT2D eigenvalue weighted by atomic mass is 9.81. The van der Waals surface area contributed by atoms with Crippen LogP contribution in [0.2, 0.25) is 0 Å². The van der Waals surface area contributed by atoms with Crippen molar-refractivity contribution in [3.63, 3.8) is 0 Å². The maximum Gasteiger partial charge on any atom is 0.147 e. The third-order valence-corrected chi connectivity index (χ3v) is 5.70. The fourth-order valence-corrected chi connectivity index (χ4v) is 4.27. The highest BCUT2D eigenvalue weighted by Crippen LogP contribution is 2.35. The summed E-state index contributed by atoms with van der Waals surface area (Å²) in [6.07, 6.45) is 13.1. The molecule has 0 unspecified atom stereocenters. The van der Waals surface area contributed by atoms with Crippen LogP contribution in [0.5, 0.6) is 0 Å². The van der Waals surface area contributed by atoms with Crippen LogP contribution in [0.3, 0.4) is 0 Å². The van der Waals surface area contributed by atoms with Gasteiger partial charge in [-0.2, -0.15) is 0 Å². The zero-order valence-corrected chi connectivity index (χ0v) is 17.3. The van der Waals surface area contributed by atoms with Gasteiger partial charge in [0.25, 0.3) is 0 Å². The van der Waals surface area contributed by atoms with Gasteiger partial charge in [0.05, 0.1) is 24.0 Å². The number of rotatable bonds is 5. The summed E-state index contributed by atoms with van der Waals surface area (Å²) in [6, 6.07) is 0. The molecule has 0 amide bonds. The maximum absolute atomic E-state index is 6.54. The fraction of sp³-hybridized carbons (Fsp3) is 0.636. The summed E-state index contributed by atoms with van der Waals surface area (Å²) in [4.78, 5) is 13.4. The summed E-state index contributed by atoms with van der Waals surface area (Å²) < 4.78 is 12.8. The highest BCUT2D eigenvalue weighted by atomic mass is 16.6. The van der Waals surface area contributed by atoms with Gasteiger partial charge < -0.3 is 14.4 Å². The van der Waals surface area contributed by atoms with Gasteiger partial charge in [0.2, 0.25) is 0 Å². The van der Waals surface area contributed by atoms with Crippen molar-refractivity contribution in [1.82, 2.24) is 14.9 Å². The molecule has 1 aromatic heterocycles. The molecule has 3 heterocycles. The number of hydrogen-bond acceptors (Lipinski definition) is 6. The first-order valence-electron chi connectivity index (χ1n) is 10.4. The Hall–Kier alpha value is -1.76. The summed E-state index contributed by atoms with van der Waals surface area (Å²) in [5.74, 6) is 1.40. The summed E-state index contributed by atoms with van der Waals surface area (Å²) in [7, 11) is 0. The van der Waals surface area contributed by atoms with E-state index >= 15 is 0 Å². The number of piperazine rings is 1. The van der Waals surface area contributed by atoms with Crippen molar-refractivity contribution in [2.45, 2.75) is 45.0 Å². The quantitative estimate of drug-likeness (QED) is 0.778. The van der Waals surface area contributed by atoms with Crippen LogP contribution < -0.4 is 4.90 Å². The molecule has 0 bridgehead atoms. The summed E-state index contributed by atoms with van der Waals surface area (Å²) in [6.45, 7) is 12.1. The average molecular weight is 385 g/mol. The van der Waals surface area contributed by atoms with E-state index in [9.17, 15) is 0 Å². The minimum absolute atomic E-state index is 0.1000. The molecule has 28 heavy (non-hydrogen) atoms. The largest absolute Gasteiger partial charge is 0.374 e. The van der Waals surface area contributed by atoms with Gasteiger partial charge in [0, 0.05) is 57.6 Å². The van der Waals surface area contributed by atoms with E-state index in [4.69, 9.17) is 9.47 Å². The second-order valence-electron chi connectivity index (χ2n) is 8.88. The van der Waals surface area contributed by atoms with E-state index in [1.807, 2.05) is 6.20 Å². The zero-order valence-electron chi connectivity index (χ0n) is 17.3. The van der Waals surface area contributed by atoms with E-state index < -0.39 is 0 Å². The van der Waals surface area contributed by atoms with Crippen molar-refractivity contribution in [2.24, 2.45) is 5.92 Å². The molecule has 1 aromatic rings. The second kappa shape index (κ2) is 8.31. The minimum atomic E-state index is -0.180. The van der Waals surface area contributed by atoms with Crippen LogP contribution in [-0.4, -0.2) is 72.0 Å². The molecule has 0 aromatic carbocycles. The molecular weight excluding hydrogens is 352 g/mol.